The summed E-state index contributed by atoms with van der Waals surface area (Å²) in [5.74, 6) is 1.26. The molecule has 2 aliphatic rings. The second-order valence-corrected chi connectivity index (χ2v) is 5.57. The Morgan fingerprint density at radius 3 is 2.81 bits per heavy atom. The molecule has 1 atom stereocenters. The van der Waals surface area contributed by atoms with E-state index in [9.17, 15) is 4.79 Å². The van der Waals surface area contributed by atoms with Crippen molar-refractivity contribution in [3.05, 3.63) is 0 Å². The Morgan fingerprint density at radius 2 is 2.12 bits per heavy atom. The van der Waals surface area contributed by atoms with Crippen LogP contribution in [0.1, 0.15) is 51.4 Å². The second kappa shape index (κ2) is 5.50. The molecule has 16 heavy (non-hydrogen) atoms. The molecule has 2 nitrogen and oxygen atoms in total. The molecule has 0 aromatic rings. The van der Waals surface area contributed by atoms with Crippen molar-refractivity contribution in [2.75, 3.05) is 12.5 Å². The summed E-state index contributed by atoms with van der Waals surface area (Å²) in [7, 11) is 0. The lowest BCUT2D eigenvalue weighted by molar-refractivity contribution is -0.136. The highest BCUT2D eigenvalue weighted by molar-refractivity contribution is 6.17. The van der Waals surface area contributed by atoms with Crippen LogP contribution in [0.2, 0.25) is 0 Å². The maximum Gasteiger partial charge on any atom is 0.136 e. The van der Waals surface area contributed by atoms with Crippen LogP contribution in [0.4, 0.5) is 0 Å². The van der Waals surface area contributed by atoms with Crippen molar-refractivity contribution in [1.82, 2.24) is 0 Å². The summed E-state index contributed by atoms with van der Waals surface area (Å²) in [5.41, 5.74) is 0.0690. The van der Waals surface area contributed by atoms with Gasteiger partial charge in [-0.25, -0.2) is 0 Å². The number of alkyl halides is 1. The zero-order chi connectivity index (χ0) is 11.4. The van der Waals surface area contributed by atoms with Gasteiger partial charge in [0.1, 0.15) is 5.78 Å². The molecule has 1 saturated heterocycles. The molecule has 1 aliphatic carbocycles. The Morgan fingerprint density at radius 1 is 1.38 bits per heavy atom. The number of rotatable bonds is 4. The first-order valence-electron chi connectivity index (χ1n) is 6.48. The Labute approximate surface area is 103 Å². The molecule has 1 saturated carbocycles. The first-order valence-corrected chi connectivity index (χ1v) is 7.02. The standard InChI is InChI=1S/C13H21ClO2/c14-8-3-4-12(15)11-5-9-16-13(10-11)6-1-2-7-13/h11H,1-10H2. The van der Waals surface area contributed by atoms with Gasteiger partial charge in [0.2, 0.25) is 0 Å². The summed E-state index contributed by atoms with van der Waals surface area (Å²) in [4.78, 5) is 12.0. The Kier molecular flexibility index (Phi) is 4.26. The minimum atomic E-state index is 0.0690. The number of hydrogen-bond acceptors (Lipinski definition) is 2. The highest BCUT2D eigenvalue weighted by Crippen LogP contribution is 2.42. The zero-order valence-electron chi connectivity index (χ0n) is 9.84. The zero-order valence-corrected chi connectivity index (χ0v) is 10.6. The van der Waals surface area contributed by atoms with Crippen molar-refractivity contribution in [3.63, 3.8) is 0 Å². The van der Waals surface area contributed by atoms with Crippen LogP contribution >= 0.6 is 11.6 Å². The average molecular weight is 245 g/mol. The molecular weight excluding hydrogens is 224 g/mol. The number of halogens is 1. The monoisotopic (exact) mass is 244 g/mol. The molecule has 0 radical (unpaired) electrons. The number of carbonyl (C=O) groups is 1. The van der Waals surface area contributed by atoms with Crippen molar-refractivity contribution in [3.8, 4) is 0 Å². The van der Waals surface area contributed by atoms with Gasteiger partial charge < -0.3 is 4.74 Å². The molecule has 1 heterocycles. The van der Waals surface area contributed by atoms with Gasteiger partial charge in [0.25, 0.3) is 0 Å². The van der Waals surface area contributed by atoms with Crippen LogP contribution in [-0.2, 0) is 9.53 Å². The third-order valence-electron chi connectivity index (χ3n) is 4.02. The van der Waals surface area contributed by atoms with E-state index < -0.39 is 0 Å². The molecule has 2 rings (SSSR count). The summed E-state index contributed by atoms with van der Waals surface area (Å²) in [6.07, 6.45) is 8.22. The number of Topliss-reactive ketones (excluding diaryl/α,β-unsaturated/α-hetero) is 1. The van der Waals surface area contributed by atoms with E-state index >= 15 is 0 Å². The highest BCUT2D eigenvalue weighted by Gasteiger charge is 2.41. The Bertz CT molecular complexity index is 246. The van der Waals surface area contributed by atoms with Crippen molar-refractivity contribution in [2.45, 2.75) is 57.0 Å². The lowest BCUT2D eigenvalue weighted by Gasteiger charge is -2.37. The second-order valence-electron chi connectivity index (χ2n) is 5.19. The van der Waals surface area contributed by atoms with E-state index in [4.69, 9.17) is 16.3 Å². The molecule has 2 fully saturated rings. The van der Waals surface area contributed by atoms with E-state index in [1.54, 1.807) is 0 Å². The molecule has 0 N–H and O–H groups in total. The third-order valence-corrected chi connectivity index (χ3v) is 4.29. The topological polar surface area (TPSA) is 26.3 Å². The van der Waals surface area contributed by atoms with Gasteiger partial charge in [-0.1, -0.05) is 12.8 Å². The summed E-state index contributed by atoms with van der Waals surface area (Å²) < 4.78 is 5.93. The first kappa shape index (κ1) is 12.4. The number of ketones is 1. The predicted molar refractivity (Wildman–Crippen MR) is 64.8 cm³/mol. The maximum atomic E-state index is 12.0. The molecular formula is C13H21ClO2. The fourth-order valence-corrected chi connectivity index (χ4v) is 3.25. The summed E-state index contributed by atoms with van der Waals surface area (Å²) in [6, 6.07) is 0. The largest absolute Gasteiger partial charge is 0.375 e. The van der Waals surface area contributed by atoms with Crippen molar-refractivity contribution in [2.24, 2.45) is 5.92 Å². The van der Waals surface area contributed by atoms with Crippen molar-refractivity contribution < 1.29 is 9.53 Å². The normalized spacial score (nSPS) is 28.4. The van der Waals surface area contributed by atoms with E-state index in [1.807, 2.05) is 0 Å². The predicted octanol–water partition coefficient (Wildman–Crippen LogP) is 3.31. The van der Waals surface area contributed by atoms with Crippen LogP contribution in [0.3, 0.4) is 0 Å². The molecule has 1 unspecified atom stereocenters. The SMILES string of the molecule is O=C(CCCCl)C1CCOC2(CCCC2)C1. The summed E-state index contributed by atoms with van der Waals surface area (Å²) >= 11 is 5.63. The van der Waals surface area contributed by atoms with Crippen LogP contribution in [-0.4, -0.2) is 23.9 Å². The quantitative estimate of drug-likeness (QED) is 0.710. The van der Waals surface area contributed by atoms with E-state index in [0.29, 0.717) is 18.1 Å². The number of carbonyl (C=O) groups excluding carboxylic acids is 1. The number of ether oxygens (including phenoxy) is 1. The van der Waals surface area contributed by atoms with E-state index in [1.165, 1.54) is 12.8 Å². The highest BCUT2D eigenvalue weighted by atomic mass is 35.5. The van der Waals surface area contributed by atoms with Crippen LogP contribution < -0.4 is 0 Å². The van der Waals surface area contributed by atoms with Gasteiger partial charge in [0.05, 0.1) is 5.60 Å². The van der Waals surface area contributed by atoms with Crippen LogP contribution in [0.25, 0.3) is 0 Å². The summed E-state index contributed by atoms with van der Waals surface area (Å²) in [5, 5.41) is 0. The van der Waals surface area contributed by atoms with Gasteiger partial charge in [-0.3, -0.25) is 4.79 Å². The molecule has 0 amide bonds. The van der Waals surface area contributed by atoms with Crippen LogP contribution in [0.15, 0.2) is 0 Å². The third kappa shape index (κ3) is 2.78. The van der Waals surface area contributed by atoms with Gasteiger partial charge in [-0.2, -0.15) is 0 Å². The van der Waals surface area contributed by atoms with E-state index in [2.05, 4.69) is 0 Å². The average Bonchev–Trinajstić information content (AvgIpc) is 2.74. The lowest BCUT2D eigenvalue weighted by atomic mass is 9.81. The Balaban J connectivity index is 1.88. The Hall–Kier alpha value is -0.0800. The van der Waals surface area contributed by atoms with E-state index in [0.717, 1.165) is 38.7 Å². The molecule has 3 heteroatoms. The fourth-order valence-electron chi connectivity index (χ4n) is 3.12. The maximum absolute atomic E-state index is 12.0. The molecule has 0 bridgehead atoms. The fraction of sp³-hybridized carbons (Fsp3) is 0.923. The molecule has 92 valence electrons. The molecule has 0 aromatic heterocycles. The van der Waals surface area contributed by atoms with Crippen molar-refractivity contribution in [1.29, 1.82) is 0 Å². The van der Waals surface area contributed by atoms with Crippen molar-refractivity contribution >= 4 is 17.4 Å². The van der Waals surface area contributed by atoms with Gasteiger partial charge in [-0.05, 0) is 32.1 Å². The number of hydrogen-bond donors (Lipinski definition) is 0. The van der Waals surface area contributed by atoms with Gasteiger partial charge in [-0.15, -0.1) is 11.6 Å². The molecule has 1 aliphatic heterocycles. The van der Waals surface area contributed by atoms with Crippen LogP contribution in [0.5, 0.6) is 0 Å². The first-order chi connectivity index (χ1) is 7.76. The minimum Gasteiger partial charge on any atom is -0.375 e. The lowest BCUT2D eigenvalue weighted by Crippen LogP contribution is -2.39. The smallest absolute Gasteiger partial charge is 0.136 e. The van der Waals surface area contributed by atoms with Crippen LogP contribution in [0, 0.1) is 5.92 Å². The van der Waals surface area contributed by atoms with Gasteiger partial charge in [0, 0.05) is 24.8 Å². The van der Waals surface area contributed by atoms with Gasteiger partial charge in [0.15, 0.2) is 0 Å². The molecule has 1 spiro atoms. The minimum absolute atomic E-state index is 0.0690. The molecule has 0 aromatic carbocycles. The van der Waals surface area contributed by atoms with Gasteiger partial charge >= 0.3 is 0 Å². The summed E-state index contributed by atoms with van der Waals surface area (Å²) in [6.45, 7) is 0.775. The van der Waals surface area contributed by atoms with E-state index in [-0.39, 0.29) is 11.5 Å².